The van der Waals surface area contributed by atoms with Crippen molar-refractivity contribution in [3.63, 3.8) is 0 Å². The van der Waals surface area contributed by atoms with Crippen LogP contribution in [0.1, 0.15) is 252 Å². The molecule has 0 rings (SSSR count). The summed E-state index contributed by atoms with van der Waals surface area (Å²) in [5, 5.41) is 23.6. The summed E-state index contributed by atoms with van der Waals surface area (Å²) in [6, 6.07) is -0.697. The second-order valence-corrected chi connectivity index (χ2v) is 16.2. The summed E-state index contributed by atoms with van der Waals surface area (Å²) < 4.78 is 5.88. The van der Waals surface area contributed by atoms with Gasteiger partial charge in [0.1, 0.15) is 6.10 Å². The Morgan fingerprint density at radius 1 is 0.528 bits per heavy atom. The molecule has 0 saturated heterocycles. The van der Waals surface area contributed by atoms with E-state index in [1.807, 2.05) is 0 Å². The van der Waals surface area contributed by atoms with Crippen LogP contribution in [0.15, 0.2) is 12.2 Å². The van der Waals surface area contributed by atoms with Crippen LogP contribution in [0.25, 0.3) is 0 Å². The van der Waals surface area contributed by atoms with Gasteiger partial charge in [0, 0.05) is 6.42 Å². The molecule has 3 N–H and O–H groups in total. The molecule has 3 unspecified atom stereocenters. The fraction of sp³-hybridized carbons (Fsp3) is 0.915. The Kier molecular flexibility index (Phi) is 40.7. The van der Waals surface area contributed by atoms with Gasteiger partial charge in [-0.2, -0.15) is 0 Å². The van der Waals surface area contributed by atoms with E-state index in [0.717, 1.165) is 64.2 Å². The van der Waals surface area contributed by atoms with Crippen LogP contribution in [-0.4, -0.2) is 46.9 Å². The quantitative estimate of drug-likeness (QED) is 0.0328. The van der Waals surface area contributed by atoms with Crippen LogP contribution >= 0.6 is 0 Å². The number of esters is 1. The van der Waals surface area contributed by atoms with Crippen molar-refractivity contribution in [3.05, 3.63) is 12.2 Å². The Morgan fingerprint density at radius 2 is 0.943 bits per heavy atom. The summed E-state index contributed by atoms with van der Waals surface area (Å²) >= 11 is 0. The first kappa shape index (κ1) is 51.6. The molecule has 6 nitrogen and oxygen atoms in total. The van der Waals surface area contributed by atoms with Crippen LogP contribution in [0.4, 0.5) is 0 Å². The highest BCUT2D eigenvalue weighted by Crippen LogP contribution is 2.18. The monoisotopic (exact) mass is 750 g/mol. The smallest absolute Gasteiger partial charge is 0.306 e. The first-order chi connectivity index (χ1) is 26.0. The van der Waals surface area contributed by atoms with E-state index < -0.39 is 18.2 Å². The zero-order valence-corrected chi connectivity index (χ0v) is 35.7. The van der Waals surface area contributed by atoms with Crippen LogP contribution in [0, 0.1) is 0 Å². The van der Waals surface area contributed by atoms with Gasteiger partial charge < -0.3 is 20.3 Å². The van der Waals surface area contributed by atoms with Gasteiger partial charge in [-0.25, -0.2) is 0 Å². The predicted octanol–water partition coefficient (Wildman–Crippen LogP) is 13.4. The van der Waals surface area contributed by atoms with Gasteiger partial charge in [0.05, 0.1) is 25.2 Å². The number of carbonyl (C=O) groups excluding carboxylic acids is 2. The number of unbranched alkanes of at least 4 members (excludes halogenated alkanes) is 28. The standard InChI is InChI=1S/C47H91NO5/c1-4-7-10-13-16-19-21-23-25-27-30-33-36-39-45(50)44(42-49)48-46(51)41-43(38-35-32-29-18-15-12-9-6-3)53-47(52)40-37-34-31-28-26-24-22-20-17-14-11-8-5-2/h12,15,43-45,49-50H,4-11,13-14,16-42H2,1-3H3,(H,48,51)/b15-12-. The molecule has 0 fully saturated rings. The van der Waals surface area contributed by atoms with Gasteiger partial charge in [-0.15, -0.1) is 0 Å². The van der Waals surface area contributed by atoms with Gasteiger partial charge in [-0.3, -0.25) is 9.59 Å². The van der Waals surface area contributed by atoms with E-state index in [4.69, 9.17) is 4.74 Å². The molecule has 0 aromatic heterocycles. The summed E-state index contributed by atoms with van der Waals surface area (Å²) in [5.41, 5.74) is 0. The second-order valence-electron chi connectivity index (χ2n) is 16.2. The zero-order chi connectivity index (χ0) is 38.9. The van der Waals surface area contributed by atoms with E-state index in [0.29, 0.717) is 19.3 Å². The van der Waals surface area contributed by atoms with Gasteiger partial charge in [0.2, 0.25) is 5.91 Å². The van der Waals surface area contributed by atoms with E-state index in [1.54, 1.807) is 0 Å². The van der Waals surface area contributed by atoms with E-state index in [2.05, 4.69) is 38.2 Å². The minimum Gasteiger partial charge on any atom is -0.462 e. The number of nitrogens with one attached hydrogen (secondary N) is 1. The van der Waals surface area contributed by atoms with Crippen molar-refractivity contribution in [1.82, 2.24) is 5.32 Å². The first-order valence-electron chi connectivity index (χ1n) is 23.4. The van der Waals surface area contributed by atoms with Gasteiger partial charge in [0.25, 0.3) is 0 Å². The predicted molar refractivity (Wildman–Crippen MR) is 227 cm³/mol. The average Bonchev–Trinajstić information content (AvgIpc) is 3.15. The highest BCUT2D eigenvalue weighted by molar-refractivity contribution is 5.77. The van der Waals surface area contributed by atoms with Gasteiger partial charge in [-0.05, 0) is 44.9 Å². The molecule has 0 heterocycles. The van der Waals surface area contributed by atoms with Gasteiger partial charge in [-0.1, -0.05) is 206 Å². The third-order valence-corrected chi connectivity index (χ3v) is 10.8. The van der Waals surface area contributed by atoms with Crippen molar-refractivity contribution in [1.29, 1.82) is 0 Å². The van der Waals surface area contributed by atoms with E-state index in [-0.39, 0.29) is 24.9 Å². The highest BCUT2D eigenvalue weighted by atomic mass is 16.5. The lowest BCUT2D eigenvalue weighted by Gasteiger charge is -2.24. The number of aliphatic hydroxyl groups excluding tert-OH is 2. The minimum atomic E-state index is -0.783. The van der Waals surface area contributed by atoms with Crippen molar-refractivity contribution in [2.24, 2.45) is 0 Å². The maximum atomic E-state index is 13.1. The van der Waals surface area contributed by atoms with Crippen LogP contribution in [-0.2, 0) is 14.3 Å². The molecule has 0 aliphatic heterocycles. The molecule has 0 aliphatic rings. The summed E-state index contributed by atoms with van der Waals surface area (Å²) in [6.07, 6.45) is 44.2. The third-order valence-electron chi connectivity index (χ3n) is 10.8. The Balaban J connectivity index is 4.44. The Hall–Kier alpha value is -1.40. The molecule has 314 valence electrons. The van der Waals surface area contributed by atoms with E-state index in [9.17, 15) is 19.8 Å². The molecular formula is C47H91NO5. The summed E-state index contributed by atoms with van der Waals surface area (Å²) in [5.74, 6) is -0.482. The first-order valence-corrected chi connectivity index (χ1v) is 23.4. The maximum Gasteiger partial charge on any atom is 0.306 e. The van der Waals surface area contributed by atoms with Crippen molar-refractivity contribution < 1.29 is 24.5 Å². The molecule has 0 saturated carbocycles. The number of ether oxygens (including phenoxy) is 1. The third kappa shape index (κ3) is 37.3. The van der Waals surface area contributed by atoms with Gasteiger partial charge in [0.15, 0.2) is 0 Å². The molecule has 6 heteroatoms. The van der Waals surface area contributed by atoms with E-state index in [1.165, 1.54) is 141 Å². The Morgan fingerprint density at radius 3 is 1.42 bits per heavy atom. The highest BCUT2D eigenvalue weighted by Gasteiger charge is 2.24. The minimum absolute atomic E-state index is 0.0721. The number of allylic oxidation sites excluding steroid dienone is 2. The Bertz CT molecular complexity index is 802. The number of amides is 1. The molecule has 0 aliphatic carbocycles. The fourth-order valence-corrected chi connectivity index (χ4v) is 7.26. The van der Waals surface area contributed by atoms with Gasteiger partial charge >= 0.3 is 5.97 Å². The number of aliphatic hydroxyl groups is 2. The molecule has 0 bridgehead atoms. The molecule has 0 aromatic rings. The second kappa shape index (κ2) is 41.8. The SMILES string of the molecule is CCC/C=C\CCCCCC(CC(=O)NC(CO)C(O)CCCCCCCCCCCCCCC)OC(=O)CCCCCCCCCCCCCCC. The summed E-state index contributed by atoms with van der Waals surface area (Å²) in [7, 11) is 0. The van der Waals surface area contributed by atoms with Crippen LogP contribution < -0.4 is 5.32 Å². The number of hydrogen-bond donors (Lipinski definition) is 3. The van der Waals surface area contributed by atoms with Crippen LogP contribution in [0.3, 0.4) is 0 Å². The Labute approximate surface area is 329 Å². The van der Waals surface area contributed by atoms with Crippen LogP contribution in [0.2, 0.25) is 0 Å². The number of rotatable bonds is 42. The molecule has 53 heavy (non-hydrogen) atoms. The number of hydrogen-bond acceptors (Lipinski definition) is 5. The summed E-state index contributed by atoms with van der Waals surface area (Å²) in [6.45, 7) is 6.41. The fourth-order valence-electron chi connectivity index (χ4n) is 7.26. The molecular weight excluding hydrogens is 659 g/mol. The molecule has 0 spiro atoms. The lowest BCUT2D eigenvalue weighted by molar-refractivity contribution is -0.151. The largest absolute Gasteiger partial charge is 0.462 e. The molecule has 1 amide bonds. The zero-order valence-electron chi connectivity index (χ0n) is 35.7. The van der Waals surface area contributed by atoms with E-state index >= 15 is 0 Å². The summed E-state index contributed by atoms with van der Waals surface area (Å²) in [4.78, 5) is 25.9. The van der Waals surface area contributed by atoms with Crippen molar-refractivity contribution in [2.75, 3.05) is 6.61 Å². The normalized spacial score (nSPS) is 13.4. The van der Waals surface area contributed by atoms with Crippen molar-refractivity contribution in [2.45, 2.75) is 270 Å². The maximum absolute atomic E-state index is 13.1. The van der Waals surface area contributed by atoms with Crippen molar-refractivity contribution >= 4 is 11.9 Å². The lowest BCUT2D eigenvalue weighted by atomic mass is 10.0. The van der Waals surface area contributed by atoms with Crippen molar-refractivity contribution in [3.8, 4) is 0 Å². The topological polar surface area (TPSA) is 95.9 Å². The number of carbonyl (C=O) groups is 2. The lowest BCUT2D eigenvalue weighted by Crippen LogP contribution is -2.46. The molecule has 0 radical (unpaired) electrons. The van der Waals surface area contributed by atoms with Crippen LogP contribution in [0.5, 0.6) is 0 Å². The molecule has 3 atom stereocenters. The molecule has 0 aromatic carbocycles. The average molecular weight is 750 g/mol.